The van der Waals surface area contributed by atoms with E-state index in [0.717, 1.165) is 34.3 Å². The van der Waals surface area contributed by atoms with Gasteiger partial charge in [0.15, 0.2) is 5.13 Å². The molecule has 0 fully saturated rings. The van der Waals surface area contributed by atoms with Crippen LogP contribution in [0.4, 0.5) is 10.8 Å². The lowest BCUT2D eigenvalue weighted by Crippen LogP contribution is -2.10. The minimum atomic E-state index is -0.0511. The Morgan fingerprint density at radius 3 is 2.64 bits per heavy atom. The van der Waals surface area contributed by atoms with E-state index >= 15 is 0 Å². The number of nitrogens with zero attached hydrogens (tertiary/aromatic N) is 1. The lowest BCUT2D eigenvalue weighted by molar-refractivity contribution is -0.116. The van der Waals surface area contributed by atoms with Gasteiger partial charge in [0.1, 0.15) is 0 Å². The van der Waals surface area contributed by atoms with Gasteiger partial charge in [-0.2, -0.15) is 0 Å². The van der Waals surface area contributed by atoms with Gasteiger partial charge in [0, 0.05) is 18.5 Å². The number of anilines is 2. The predicted molar refractivity (Wildman–Crippen MR) is 91.4 cm³/mol. The SMILES string of the molecule is CCCCC(=O)Nc1cc(C)c2nc(NC(=O)CC)sc2c1. The van der Waals surface area contributed by atoms with Gasteiger partial charge in [0.25, 0.3) is 0 Å². The minimum absolute atomic E-state index is 0.0321. The van der Waals surface area contributed by atoms with E-state index in [1.807, 2.05) is 19.1 Å². The molecule has 1 aromatic heterocycles. The number of unbranched alkanes of at least 4 members (excludes halogenated alkanes) is 1. The van der Waals surface area contributed by atoms with Crippen molar-refractivity contribution < 1.29 is 9.59 Å². The van der Waals surface area contributed by atoms with Crippen molar-refractivity contribution in [2.75, 3.05) is 10.6 Å². The number of hydrogen-bond donors (Lipinski definition) is 2. The molecule has 0 saturated heterocycles. The highest BCUT2D eigenvalue weighted by molar-refractivity contribution is 7.22. The van der Waals surface area contributed by atoms with Crippen LogP contribution in [-0.2, 0) is 9.59 Å². The fourth-order valence-corrected chi connectivity index (χ4v) is 3.09. The lowest BCUT2D eigenvalue weighted by Gasteiger charge is -2.06. The van der Waals surface area contributed by atoms with Crippen molar-refractivity contribution >= 4 is 44.2 Å². The summed E-state index contributed by atoms with van der Waals surface area (Å²) in [6, 6.07) is 3.82. The van der Waals surface area contributed by atoms with E-state index in [2.05, 4.69) is 22.5 Å². The molecule has 0 saturated carbocycles. The van der Waals surface area contributed by atoms with E-state index in [1.54, 1.807) is 6.92 Å². The van der Waals surface area contributed by atoms with E-state index in [4.69, 9.17) is 0 Å². The first-order valence-corrected chi connectivity index (χ1v) is 8.36. The molecule has 2 N–H and O–H groups in total. The first-order valence-electron chi connectivity index (χ1n) is 7.54. The van der Waals surface area contributed by atoms with Crippen molar-refractivity contribution in [3.8, 4) is 0 Å². The molecule has 0 unspecified atom stereocenters. The average Bonchev–Trinajstić information content (AvgIpc) is 2.87. The van der Waals surface area contributed by atoms with Crippen LogP contribution in [0.5, 0.6) is 0 Å². The van der Waals surface area contributed by atoms with Gasteiger partial charge in [-0.05, 0) is 31.0 Å². The number of hydrogen-bond acceptors (Lipinski definition) is 4. The van der Waals surface area contributed by atoms with Crippen molar-refractivity contribution in [3.05, 3.63) is 17.7 Å². The molecular formula is C16H21N3O2S. The molecule has 2 aromatic rings. The zero-order valence-corrected chi connectivity index (χ0v) is 14.0. The third kappa shape index (κ3) is 4.04. The smallest absolute Gasteiger partial charge is 0.225 e. The predicted octanol–water partition coefficient (Wildman–Crippen LogP) is 4.08. The summed E-state index contributed by atoms with van der Waals surface area (Å²) in [7, 11) is 0. The standard InChI is InChI=1S/C16H21N3O2S/c1-4-6-7-14(21)17-11-8-10(3)15-12(9-11)22-16(19-15)18-13(20)5-2/h8-9H,4-7H2,1-3H3,(H,17,21)(H,18,19,20). The van der Waals surface area contributed by atoms with Gasteiger partial charge in [-0.15, -0.1) is 0 Å². The number of fused-ring (bicyclic) bond motifs is 1. The molecular weight excluding hydrogens is 298 g/mol. The maximum atomic E-state index is 11.8. The van der Waals surface area contributed by atoms with Crippen molar-refractivity contribution in [2.45, 2.75) is 46.5 Å². The van der Waals surface area contributed by atoms with E-state index in [9.17, 15) is 9.59 Å². The van der Waals surface area contributed by atoms with E-state index in [0.29, 0.717) is 18.0 Å². The van der Waals surface area contributed by atoms with Crippen LogP contribution in [-0.4, -0.2) is 16.8 Å². The largest absolute Gasteiger partial charge is 0.326 e. The first kappa shape index (κ1) is 16.4. The second kappa shape index (κ2) is 7.35. The molecule has 118 valence electrons. The fraction of sp³-hybridized carbons (Fsp3) is 0.438. The molecule has 0 aliphatic heterocycles. The van der Waals surface area contributed by atoms with Crippen molar-refractivity contribution in [1.29, 1.82) is 0 Å². The highest BCUT2D eigenvalue weighted by atomic mass is 32.1. The molecule has 0 atom stereocenters. The third-order valence-electron chi connectivity index (χ3n) is 3.29. The topological polar surface area (TPSA) is 71.1 Å². The second-order valence-corrected chi connectivity index (χ2v) is 6.24. The highest BCUT2D eigenvalue weighted by Crippen LogP contribution is 2.31. The number of carbonyl (C=O) groups excluding carboxylic acids is 2. The summed E-state index contributed by atoms with van der Waals surface area (Å²) in [5, 5.41) is 6.30. The molecule has 22 heavy (non-hydrogen) atoms. The zero-order chi connectivity index (χ0) is 16.1. The van der Waals surface area contributed by atoms with Crippen molar-refractivity contribution in [2.24, 2.45) is 0 Å². The molecule has 5 nitrogen and oxygen atoms in total. The number of nitrogens with one attached hydrogen (secondary N) is 2. The van der Waals surface area contributed by atoms with Gasteiger partial charge in [0.2, 0.25) is 11.8 Å². The molecule has 0 bridgehead atoms. The molecule has 6 heteroatoms. The molecule has 2 amide bonds. The molecule has 0 radical (unpaired) electrons. The van der Waals surface area contributed by atoms with Crippen LogP contribution in [0.1, 0.15) is 45.1 Å². The van der Waals surface area contributed by atoms with Crippen molar-refractivity contribution in [3.63, 3.8) is 0 Å². The van der Waals surface area contributed by atoms with Crippen LogP contribution in [0.3, 0.4) is 0 Å². The number of rotatable bonds is 6. The Morgan fingerprint density at radius 2 is 1.95 bits per heavy atom. The van der Waals surface area contributed by atoms with E-state index in [1.165, 1.54) is 11.3 Å². The summed E-state index contributed by atoms with van der Waals surface area (Å²) < 4.78 is 0.956. The Bertz CT molecular complexity index is 694. The van der Waals surface area contributed by atoms with Crippen LogP contribution in [0.2, 0.25) is 0 Å². The quantitative estimate of drug-likeness (QED) is 0.842. The molecule has 0 spiro atoms. The number of aryl methyl sites for hydroxylation is 1. The van der Waals surface area contributed by atoms with Crippen LogP contribution in [0, 0.1) is 6.92 Å². The summed E-state index contributed by atoms with van der Waals surface area (Å²) in [5.41, 5.74) is 2.63. The van der Waals surface area contributed by atoms with E-state index in [-0.39, 0.29) is 11.8 Å². The Balaban J connectivity index is 2.20. The van der Waals surface area contributed by atoms with Gasteiger partial charge >= 0.3 is 0 Å². The number of benzene rings is 1. The maximum Gasteiger partial charge on any atom is 0.225 e. The molecule has 0 aliphatic carbocycles. The molecule has 1 heterocycles. The number of thiazole rings is 1. The number of aromatic nitrogens is 1. The summed E-state index contributed by atoms with van der Waals surface area (Å²) in [6.45, 7) is 5.82. The van der Waals surface area contributed by atoms with Gasteiger partial charge < -0.3 is 10.6 Å². The highest BCUT2D eigenvalue weighted by Gasteiger charge is 2.11. The summed E-state index contributed by atoms with van der Waals surface area (Å²) in [4.78, 5) is 27.7. The summed E-state index contributed by atoms with van der Waals surface area (Å²) in [5.74, 6) is -0.0191. The maximum absolute atomic E-state index is 11.8. The van der Waals surface area contributed by atoms with Crippen LogP contribution in [0.25, 0.3) is 10.2 Å². The molecule has 0 aliphatic rings. The minimum Gasteiger partial charge on any atom is -0.326 e. The van der Waals surface area contributed by atoms with E-state index < -0.39 is 0 Å². The fourth-order valence-electron chi connectivity index (χ4n) is 2.09. The van der Waals surface area contributed by atoms with Gasteiger partial charge in [-0.1, -0.05) is 31.6 Å². The zero-order valence-electron chi connectivity index (χ0n) is 13.2. The van der Waals surface area contributed by atoms with Crippen LogP contribution in [0.15, 0.2) is 12.1 Å². The second-order valence-electron chi connectivity index (χ2n) is 5.21. The molecule has 1 aromatic carbocycles. The Kier molecular flexibility index (Phi) is 5.49. The lowest BCUT2D eigenvalue weighted by atomic mass is 10.2. The van der Waals surface area contributed by atoms with Crippen molar-refractivity contribution in [1.82, 2.24) is 4.98 Å². The normalized spacial score (nSPS) is 10.7. The Hall–Kier alpha value is -1.95. The van der Waals surface area contributed by atoms with Crippen LogP contribution >= 0.6 is 11.3 Å². The monoisotopic (exact) mass is 319 g/mol. The first-order chi connectivity index (χ1) is 10.5. The van der Waals surface area contributed by atoms with Gasteiger partial charge in [-0.25, -0.2) is 4.98 Å². The average molecular weight is 319 g/mol. The Morgan fingerprint density at radius 1 is 1.18 bits per heavy atom. The number of amides is 2. The van der Waals surface area contributed by atoms with Gasteiger partial charge in [0.05, 0.1) is 10.2 Å². The van der Waals surface area contributed by atoms with Gasteiger partial charge in [-0.3, -0.25) is 9.59 Å². The summed E-state index contributed by atoms with van der Waals surface area (Å²) >= 11 is 1.42. The summed E-state index contributed by atoms with van der Waals surface area (Å²) in [6.07, 6.45) is 2.85. The third-order valence-corrected chi connectivity index (χ3v) is 4.21. The molecule has 2 rings (SSSR count). The Labute approximate surface area is 134 Å². The van der Waals surface area contributed by atoms with Crippen LogP contribution < -0.4 is 10.6 Å². The number of carbonyl (C=O) groups is 2.